The Bertz CT molecular complexity index is 742. The molecule has 0 spiro atoms. The maximum absolute atomic E-state index is 11.1. The first-order valence-electron chi connectivity index (χ1n) is 7.14. The van der Waals surface area contributed by atoms with E-state index in [4.69, 9.17) is 18.9 Å². The summed E-state index contributed by atoms with van der Waals surface area (Å²) in [5.41, 5.74) is 1.04. The van der Waals surface area contributed by atoms with Gasteiger partial charge in [-0.3, -0.25) is 9.13 Å². The van der Waals surface area contributed by atoms with E-state index in [0.717, 1.165) is 0 Å². The highest BCUT2D eigenvalue weighted by Crippen LogP contribution is 2.38. The minimum absolute atomic E-state index is 0.389. The molecule has 132 valence electrons. The van der Waals surface area contributed by atoms with Crippen LogP contribution in [0, 0.1) is 0 Å². The molecule has 0 bridgehead atoms. The maximum atomic E-state index is 11.1. The largest absolute Gasteiger partial charge is 0.394 e. The van der Waals surface area contributed by atoms with E-state index in [9.17, 15) is 9.67 Å². The fourth-order valence-electron chi connectivity index (χ4n) is 2.81. The van der Waals surface area contributed by atoms with Gasteiger partial charge < -0.3 is 29.3 Å². The number of methoxy groups -OCH3 is 1. The van der Waals surface area contributed by atoms with Gasteiger partial charge in [0, 0.05) is 14.2 Å². The molecule has 0 aliphatic carbocycles. The minimum Gasteiger partial charge on any atom is -0.394 e. The number of ether oxygens (including phenoxy) is 2. The number of nitrogens with zero attached hydrogens (tertiary/aromatic N) is 4. The van der Waals surface area contributed by atoms with E-state index in [1.807, 2.05) is 0 Å². The van der Waals surface area contributed by atoms with E-state index in [-0.39, 0.29) is 6.61 Å². The molecular weight excluding hydrogens is 341 g/mol. The number of aromatic nitrogens is 4. The normalized spacial score (nSPS) is 28.3. The monoisotopic (exact) mass is 359 g/mol. The van der Waals surface area contributed by atoms with Crippen LogP contribution in [0.4, 0.5) is 5.82 Å². The maximum Gasteiger partial charge on any atom is 0.317 e. The molecule has 1 fully saturated rings. The van der Waals surface area contributed by atoms with Crippen LogP contribution in [0.15, 0.2) is 12.7 Å². The Labute approximate surface area is 137 Å². The summed E-state index contributed by atoms with van der Waals surface area (Å²) in [6.07, 6.45) is -0.284. The van der Waals surface area contributed by atoms with Crippen LogP contribution in [-0.4, -0.2) is 68.6 Å². The van der Waals surface area contributed by atoms with Gasteiger partial charge in [-0.1, -0.05) is 0 Å². The predicted molar refractivity (Wildman–Crippen MR) is 82.8 cm³/mol. The second-order valence-electron chi connectivity index (χ2n) is 5.09. The van der Waals surface area contributed by atoms with Gasteiger partial charge in [0.1, 0.15) is 30.2 Å². The number of anilines is 1. The Morgan fingerprint density at radius 2 is 2.21 bits per heavy atom. The molecule has 12 heteroatoms. The molecule has 11 nitrogen and oxygen atoms in total. The van der Waals surface area contributed by atoms with Crippen LogP contribution in [0.2, 0.25) is 0 Å². The van der Waals surface area contributed by atoms with E-state index in [1.165, 1.54) is 19.8 Å². The van der Waals surface area contributed by atoms with Gasteiger partial charge in [0.15, 0.2) is 17.7 Å². The second kappa shape index (κ2) is 7.09. The van der Waals surface area contributed by atoms with Gasteiger partial charge >= 0.3 is 8.25 Å². The van der Waals surface area contributed by atoms with Crippen LogP contribution in [0.5, 0.6) is 0 Å². The average molecular weight is 359 g/mol. The molecule has 1 aliphatic rings. The van der Waals surface area contributed by atoms with Crippen molar-refractivity contribution in [3.05, 3.63) is 12.7 Å². The van der Waals surface area contributed by atoms with Gasteiger partial charge in [0.2, 0.25) is 0 Å². The van der Waals surface area contributed by atoms with Gasteiger partial charge in [-0.05, 0) is 0 Å². The third kappa shape index (κ3) is 2.90. The van der Waals surface area contributed by atoms with Crippen LogP contribution in [-0.2, 0) is 18.6 Å². The van der Waals surface area contributed by atoms with Gasteiger partial charge in [-0.25, -0.2) is 15.0 Å². The first-order chi connectivity index (χ1) is 11.6. The summed E-state index contributed by atoms with van der Waals surface area (Å²) in [4.78, 5) is 21.6. The highest BCUT2D eigenvalue weighted by molar-refractivity contribution is 7.32. The Morgan fingerprint density at radius 1 is 1.42 bits per heavy atom. The van der Waals surface area contributed by atoms with Crippen LogP contribution >= 0.6 is 8.25 Å². The molecule has 0 saturated carbocycles. The van der Waals surface area contributed by atoms with E-state index >= 15 is 0 Å². The fraction of sp³-hybridized carbons (Fsp3) is 0.583. The topological polar surface area (TPSA) is 141 Å². The van der Waals surface area contributed by atoms with E-state index in [1.54, 1.807) is 11.6 Å². The Morgan fingerprint density at radius 3 is 2.83 bits per heavy atom. The molecule has 3 rings (SSSR count). The predicted octanol–water partition coefficient (Wildman–Crippen LogP) is -0.460. The molecule has 0 radical (unpaired) electrons. The average Bonchev–Trinajstić information content (AvgIpc) is 3.14. The molecule has 5 atom stereocenters. The minimum atomic E-state index is -3.23. The highest BCUT2D eigenvalue weighted by atomic mass is 31.1. The number of aliphatic hydroxyl groups excluding tert-OH is 1. The van der Waals surface area contributed by atoms with Crippen LogP contribution in [0.1, 0.15) is 6.23 Å². The Hall–Kier alpha value is -1.62. The molecule has 1 saturated heterocycles. The lowest BCUT2D eigenvalue weighted by Gasteiger charge is -2.22. The molecule has 0 amide bonds. The summed E-state index contributed by atoms with van der Waals surface area (Å²) in [6, 6.07) is 0. The molecule has 0 aromatic carbocycles. The quantitative estimate of drug-likeness (QED) is 0.580. The molecule has 24 heavy (non-hydrogen) atoms. The second-order valence-corrected chi connectivity index (χ2v) is 5.86. The van der Waals surface area contributed by atoms with E-state index in [0.29, 0.717) is 17.0 Å². The summed E-state index contributed by atoms with van der Waals surface area (Å²) in [7, 11) is -0.0806. The molecule has 3 unspecified atom stereocenters. The van der Waals surface area contributed by atoms with Crippen LogP contribution in [0.25, 0.3) is 11.2 Å². The zero-order valence-electron chi connectivity index (χ0n) is 13.0. The van der Waals surface area contributed by atoms with Crippen molar-refractivity contribution in [2.24, 2.45) is 0 Å². The van der Waals surface area contributed by atoms with Crippen molar-refractivity contribution in [2.75, 3.05) is 26.1 Å². The Kier molecular flexibility index (Phi) is 5.09. The lowest BCUT2D eigenvalue weighted by molar-refractivity contribution is -0.0583. The van der Waals surface area contributed by atoms with Crippen molar-refractivity contribution in [3.8, 4) is 0 Å². The van der Waals surface area contributed by atoms with Gasteiger partial charge in [0.05, 0.1) is 12.9 Å². The zero-order valence-corrected chi connectivity index (χ0v) is 14.0. The summed E-state index contributed by atoms with van der Waals surface area (Å²) in [6.45, 7) is -0.389. The summed E-state index contributed by atoms with van der Waals surface area (Å²) in [5, 5.41) is 12.4. The van der Waals surface area contributed by atoms with Gasteiger partial charge in [-0.2, -0.15) is 0 Å². The number of imidazole rings is 1. The number of hydrogen-bond donors (Lipinski definition) is 3. The molecule has 3 heterocycles. The lowest BCUT2D eigenvalue weighted by atomic mass is 10.1. The lowest BCUT2D eigenvalue weighted by Crippen LogP contribution is -2.35. The first kappa shape index (κ1) is 17.2. The fourth-order valence-corrected chi connectivity index (χ4v) is 3.33. The van der Waals surface area contributed by atoms with Crippen molar-refractivity contribution in [1.82, 2.24) is 19.5 Å². The summed E-state index contributed by atoms with van der Waals surface area (Å²) < 4.78 is 28.9. The molecule has 1 aliphatic heterocycles. The number of rotatable bonds is 6. The van der Waals surface area contributed by atoms with Crippen molar-refractivity contribution in [2.45, 2.75) is 24.5 Å². The SMILES string of the molecule is CNc1ncnc2c1ncn2[C@@H]1O[C@H](CO)C(O[PH](=O)O)C1OC. The molecule has 2 aromatic rings. The van der Waals surface area contributed by atoms with E-state index in [2.05, 4.69) is 20.3 Å². The Balaban J connectivity index is 2.01. The number of nitrogens with one attached hydrogen (secondary N) is 1. The smallest absolute Gasteiger partial charge is 0.317 e. The van der Waals surface area contributed by atoms with E-state index < -0.39 is 32.8 Å². The number of aliphatic hydroxyl groups is 1. The first-order valence-corrected chi connectivity index (χ1v) is 8.41. The number of hydrogen-bond acceptors (Lipinski definition) is 9. The summed E-state index contributed by atoms with van der Waals surface area (Å²) in [5.74, 6) is 0.553. The molecule has 3 N–H and O–H groups in total. The molecular formula is C12H18N5O6P. The van der Waals surface area contributed by atoms with Crippen molar-refractivity contribution in [1.29, 1.82) is 0 Å². The standard InChI is InChI=1S/C12H18N5O6P/c1-13-10-7-11(15-4-14-10)17(5-16-7)12-9(21-2)8(23-24(19)20)6(3-18)22-12/h4-6,8-9,12,18,24H,3H2,1-2H3,(H,19,20)(H,13,14,15)/t6-,8?,9?,12-/m1/s1. The third-order valence-corrected chi connectivity index (χ3v) is 4.32. The van der Waals surface area contributed by atoms with Crippen LogP contribution < -0.4 is 5.32 Å². The van der Waals surface area contributed by atoms with Gasteiger partial charge in [0.25, 0.3) is 0 Å². The zero-order chi connectivity index (χ0) is 17.3. The van der Waals surface area contributed by atoms with Crippen molar-refractivity contribution < 1.29 is 28.6 Å². The van der Waals surface area contributed by atoms with Crippen molar-refractivity contribution in [3.63, 3.8) is 0 Å². The molecule has 2 aromatic heterocycles. The summed E-state index contributed by atoms with van der Waals surface area (Å²) >= 11 is 0. The van der Waals surface area contributed by atoms with Crippen molar-refractivity contribution >= 4 is 25.2 Å². The van der Waals surface area contributed by atoms with Crippen LogP contribution in [0.3, 0.4) is 0 Å². The number of fused-ring (bicyclic) bond motifs is 1. The van der Waals surface area contributed by atoms with Gasteiger partial charge in [-0.15, -0.1) is 0 Å². The highest BCUT2D eigenvalue weighted by Gasteiger charge is 2.47. The third-order valence-electron chi connectivity index (χ3n) is 3.84.